The molecule has 0 radical (unpaired) electrons. The fourth-order valence-electron chi connectivity index (χ4n) is 4.22. The van der Waals surface area contributed by atoms with Crippen LogP contribution in [-0.2, 0) is 16.6 Å². The summed E-state index contributed by atoms with van der Waals surface area (Å²) in [5.74, 6) is 0. The Labute approximate surface area is 198 Å². The van der Waals surface area contributed by atoms with Crippen molar-refractivity contribution in [1.82, 2.24) is 4.90 Å². The number of rotatable bonds is 7. The first kappa shape index (κ1) is 23.2. The van der Waals surface area contributed by atoms with Gasteiger partial charge in [0.25, 0.3) is 15.7 Å². The number of nitrogens with zero attached hydrogens (tertiary/aromatic N) is 3. The predicted molar refractivity (Wildman–Crippen MR) is 129 cm³/mol. The fraction of sp³-hybridized carbons (Fsp3) is 0.250. The van der Waals surface area contributed by atoms with Gasteiger partial charge in [-0.25, -0.2) is 8.42 Å². The van der Waals surface area contributed by atoms with Gasteiger partial charge in [0, 0.05) is 42.3 Å². The van der Waals surface area contributed by atoms with E-state index in [1.54, 1.807) is 42.5 Å². The van der Waals surface area contributed by atoms with E-state index in [1.807, 2.05) is 18.2 Å². The Morgan fingerprint density at radius 1 is 0.939 bits per heavy atom. The topological polar surface area (TPSA) is 83.8 Å². The van der Waals surface area contributed by atoms with Gasteiger partial charge in [-0.2, -0.15) is 0 Å². The zero-order valence-electron chi connectivity index (χ0n) is 17.9. The molecule has 3 aromatic rings. The van der Waals surface area contributed by atoms with Crippen molar-refractivity contribution < 1.29 is 13.3 Å². The molecule has 3 aromatic carbocycles. The Bertz CT molecular complexity index is 1210. The lowest BCUT2D eigenvalue weighted by atomic mass is 10.0. The monoisotopic (exact) mass is 485 g/mol. The molecule has 9 heteroatoms. The zero-order chi connectivity index (χ0) is 23.4. The molecule has 1 aliphatic rings. The maximum atomic E-state index is 13.6. The normalized spacial score (nSPS) is 15.3. The lowest BCUT2D eigenvalue weighted by molar-refractivity contribution is -0.385. The van der Waals surface area contributed by atoms with Crippen LogP contribution in [0.25, 0.3) is 0 Å². The summed E-state index contributed by atoms with van der Waals surface area (Å²) in [5, 5.41) is 11.8. The standard InChI is InChI=1S/C24H24ClN3O4S/c25-20-10-12-23(13-11-20)33(31,32)27(21-7-2-1-3-8-21)22-14-16-26(17-15-22)18-19-6-4-5-9-24(19)28(29)30/h1-13,22H,14-18H2. The largest absolute Gasteiger partial charge is 0.299 e. The van der Waals surface area contributed by atoms with Gasteiger partial charge in [-0.3, -0.25) is 19.3 Å². The van der Waals surface area contributed by atoms with Gasteiger partial charge in [0.1, 0.15) is 0 Å². The van der Waals surface area contributed by atoms with E-state index in [4.69, 9.17) is 11.6 Å². The summed E-state index contributed by atoms with van der Waals surface area (Å²) in [6, 6.07) is 21.8. The van der Waals surface area contributed by atoms with Crippen molar-refractivity contribution in [3.8, 4) is 0 Å². The van der Waals surface area contributed by atoms with Crippen LogP contribution in [0.5, 0.6) is 0 Å². The van der Waals surface area contributed by atoms with Crippen molar-refractivity contribution in [3.63, 3.8) is 0 Å². The molecule has 172 valence electrons. The Morgan fingerprint density at radius 2 is 1.55 bits per heavy atom. The maximum absolute atomic E-state index is 13.6. The number of anilines is 1. The molecule has 0 bridgehead atoms. The van der Waals surface area contributed by atoms with Gasteiger partial charge < -0.3 is 0 Å². The van der Waals surface area contributed by atoms with Crippen LogP contribution in [-0.4, -0.2) is 37.4 Å². The van der Waals surface area contributed by atoms with E-state index in [9.17, 15) is 18.5 Å². The molecule has 1 fully saturated rings. The molecule has 1 heterocycles. The number of sulfonamides is 1. The fourth-order valence-corrected chi connectivity index (χ4v) is 6.05. The SMILES string of the molecule is O=[N+]([O-])c1ccccc1CN1CCC(N(c2ccccc2)S(=O)(=O)c2ccc(Cl)cc2)CC1. The van der Waals surface area contributed by atoms with E-state index in [1.165, 1.54) is 22.5 Å². The van der Waals surface area contributed by atoms with Crippen LogP contribution in [0.3, 0.4) is 0 Å². The summed E-state index contributed by atoms with van der Waals surface area (Å²) in [6.45, 7) is 1.73. The van der Waals surface area contributed by atoms with Crippen molar-refractivity contribution in [1.29, 1.82) is 0 Å². The average Bonchev–Trinajstić information content (AvgIpc) is 2.81. The summed E-state index contributed by atoms with van der Waals surface area (Å²) >= 11 is 5.96. The van der Waals surface area contributed by atoms with Gasteiger partial charge in [-0.05, 0) is 49.2 Å². The number of hydrogen-bond acceptors (Lipinski definition) is 5. The van der Waals surface area contributed by atoms with Crippen LogP contribution in [0.4, 0.5) is 11.4 Å². The second-order valence-corrected chi connectivity index (χ2v) is 10.2. The molecule has 0 saturated carbocycles. The van der Waals surface area contributed by atoms with Gasteiger partial charge in [0.05, 0.1) is 15.5 Å². The van der Waals surface area contributed by atoms with Crippen LogP contribution in [0.1, 0.15) is 18.4 Å². The summed E-state index contributed by atoms with van der Waals surface area (Å²) < 4.78 is 28.8. The lowest BCUT2D eigenvalue weighted by Gasteiger charge is -2.39. The molecule has 0 aliphatic carbocycles. The molecule has 1 aliphatic heterocycles. The van der Waals surface area contributed by atoms with Crippen LogP contribution in [0, 0.1) is 10.1 Å². The average molecular weight is 486 g/mol. The van der Waals surface area contributed by atoms with Crippen LogP contribution < -0.4 is 4.31 Å². The number of hydrogen-bond donors (Lipinski definition) is 0. The Kier molecular flexibility index (Phi) is 6.97. The molecule has 4 rings (SSSR count). The van der Waals surface area contributed by atoms with E-state index in [-0.39, 0.29) is 21.5 Å². The molecule has 33 heavy (non-hydrogen) atoms. The van der Waals surface area contributed by atoms with Gasteiger partial charge in [-0.1, -0.05) is 48.0 Å². The molecule has 1 saturated heterocycles. The first-order valence-corrected chi connectivity index (χ1v) is 12.5. The molecule has 0 unspecified atom stereocenters. The van der Waals surface area contributed by atoms with Crippen LogP contribution in [0.15, 0.2) is 83.8 Å². The third-order valence-electron chi connectivity index (χ3n) is 5.85. The van der Waals surface area contributed by atoms with Gasteiger partial charge >= 0.3 is 0 Å². The van der Waals surface area contributed by atoms with Gasteiger partial charge in [0.15, 0.2) is 0 Å². The zero-order valence-corrected chi connectivity index (χ0v) is 19.5. The number of piperidine rings is 1. The number of nitro benzene ring substituents is 1. The maximum Gasteiger partial charge on any atom is 0.273 e. The van der Waals surface area contributed by atoms with Crippen molar-refractivity contribution in [3.05, 3.63) is 99.6 Å². The molecule has 0 spiro atoms. The summed E-state index contributed by atoms with van der Waals surface area (Å²) in [5.41, 5.74) is 1.38. The van der Waals surface area contributed by atoms with Crippen molar-refractivity contribution >= 4 is 33.0 Å². The quantitative estimate of drug-likeness (QED) is 0.343. The Balaban J connectivity index is 1.56. The Morgan fingerprint density at radius 3 is 2.18 bits per heavy atom. The molecule has 0 N–H and O–H groups in total. The van der Waals surface area contributed by atoms with Crippen LogP contribution >= 0.6 is 11.6 Å². The minimum atomic E-state index is -3.80. The highest BCUT2D eigenvalue weighted by Crippen LogP contribution is 2.31. The highest BCUT2D eigenvalue weighted by Gasteiger charge is 2.34. The molecule has 0 aromatic heterocycles. The van der Waals surface area contributed by atoms with Crippen molar-refractivity contribution in [2.24, 2.45) is 0 Å². The molecular weight excluding hydrogens is 462 g/mol. The molecule has 0 amide bonds. The Hall–Kier alpha value is -2.94. The van der Waals surface area contributed by atoms with E-state index in [2.05, 4.69) is 4.90 Å². The number of para-hydroxylation sites is 2. The summed E-state index contributed by atoms with van der Waals surface area (Å²) in [7, 11) is -3.80. The first-order chi connectivity index (χ1) is 15.9. The number of halogens is 1. The number of nitro groups is 1. The van der Waals surface area contributed by atoms with Gasteiger partial charge in [-0.15, -0.1) is 0 Å². The predicted octanol–water partition coefficient (Wildman–Crippen LogP) is 5.11. The molecule has 7 nitrogen and oxygen atoms in total. The molecular formula is C24H24ClN3O4S. The smallest absolute Gasteiger partial charge is 0.273 e. The summed E-state index contributed by atoms with van der Waals surface area (Å²) in [4.78, 5) is 13.3. The van der Waals surface area contributed by atoms with Crippen molar-refractivity contribution in [2.45, 2.75) is 30.3 Å². The second kappa shape index (κ2) is 9.91. The highest BCUT2D eigenvalue weighted by molar-refractivity contribution is 7.92. The van der Waals surface area contributed by atoms with E-state index in [0.29, 0.717) is 48.7 Å². The third kappa shape index (κ3) is 5.19. The van der Waals surface area contributed by atoms with E-state index in [0.717, 1.165) is 0 Å². The number of likely N-dealkylation sites (tertiary alicyclic amines) is 1. The minimum absolute atomic E-state index is 0.107. The van der Waals surface area contributed by atoms with E-state index >= 15 is 0 Å². The van der Waals surface area contributed by atoms with E-state index < -0.39 is 10.0 Å². The third-order valence-corrected chi connectivity index (χ3v) is 8.00. The minimum Gasteiger partial charge on any atom is -0.299 e. The van der Waals surface area contributed by atoms with Gasteiger partial charge in [0.2, 0.25) is 0 Å². The second-order valence-electron chi connectivity index (χ2n) is 7.98. The number of benzene rings is 3. The first-order valence-electron chi connectivity index (χ1n) is 10.7. The van der Waals surface area contributed by atoms with Crippen LogP contribution in [0.2, 0.25) is 5.02 Å². The molecule has 0 atom stereocenters. The van der Waals surface area contributed by atoms with Crippen molar-refractivity contribution in [2.75, 3.05) is 17.4 Å². The summed E-state index contributed by atoms with van der Waals surface area (Å²) in [6.07, 6.45) is 1.23. The lowest BCUT2D eigenvalue weighted by Crippen LogP contribution is -2.47. The highest BCUT2D eigenvalue weighted by atomic mass is 35.5.